The summed E-state index contributed by atoms with van der Waals surface area (Å²) in [5.74, 6) is -0.620. The number of ether oxygens (including phenoxy) is 2. The van der Waals surface area contributed by atoms with Crippen molar-refractivity contribution in [3.05, 3.63) is 89.5 Å². The van der Waals surface area contributed by atoms with Gasteiger partial charge >= 0.3 is 21.5 Å². The molecule has 0 radical (unpaired) electrons. The number of imidazole rings is 1. The normalized spacial score (nSPS) is 20.7. The lowest BCUT2D eigenvalue weighted by Crippen LogP contribution is -2.47. The van der Waals surface area contributed by atoms with E-state index < -0.39 is 58.0 Å². The molecule has 318 valence electrons. The number of benzene rings is 3. The monoisotopic (exact) mass is 873 g/mol. The Morgan fingerprint density at radius 3 is 2.53 bits per heavy atom. The van der Waals surface area contributed by atoms with Gasteiger partial charge in [0.1, 0.15) is 29.5 Å². The number of carbonyl (C=O) groups is 1. The largest absolute Gasteiger partial charge is 0.481 e. The number of aliphatic hydroxyl groups is 1. The smallest absolute Gasteiger partial charge is 0.459 e. The van der Waals surface area contributed by atoms with Crippen molar-refractivity contribution in [1.29, 1.82) is 0 Å². The highest BCUT2D eigenvalue weighted by Crippen LogP contribution is 2.62. The number of hydrogen-bond donors (Lipinski definition) is 4. The molecule has 20 heteroatoms. The molecule has 2 aromatic heterocycles. The van der Waals surface area contributed by atoms with Crippen LogP contribution in [0, 0.1) is 0 Å². The molecule has 0 amide bonds. The second-order valence-corrected chi connectivity index (χ2v) is 18.3. The minimum absolute atomic E-state index is 0.0776. The first kappa shape index (κ1) is 44.6. The highest BCUT2D eigenvalue weighted by atomic mass is 35.5. The Hall–Kier alpha value is -3.99. The number of carbonyl (C=O) groups excluding carboxylic acids is 1. The molecule has 0 saturated carbocycles. The van der Waals surface area contributed by atoms with Crippen LogP contribution in [0.4, 0.5) is 5.82 Å². The summed E-state index contributed by atoms with van der Waals surface area (Å²) in [6.45, 7) is 10.1. The van der Waals surface area contributed by atoms with Crippen LogP contribution in [0.2, 0.25) is 5.28 Å². The summed E-state index contributed by atoms with van der Waals surface area (Å²) in [7, 11) is -10.4. The second kappa shape index (κ2) is 18.7. The standard InChI is InChI=1S/C39H50ClN7O10P2/c1-6-46(7-2)20-19-28-18-17-27-15-11-12-16-29(27)34(28)56-58(50,45-39(4,5)37(49)53-22-26-13-9-8-10-14-26)57-59(51,52)54-23-32-31(48)21-30(25(3)55-32)47-24-42-33-35(41)43-38(40)44-36(33)47/h8-18,24-25,30-32,48H,6-7,19-23H2,1-5H3,(H,45,50)(H,51,52)(H2,41,43,44)/t25?,30-,31+,32+,58?/m0/s1. The molecule has 1 saturated heterocycles. The van der Waals surface area contributed by atoms with E-state index in [0.717, 1.165) is 18.5 Å². The minimum atomic E-state index is -5.33. The Morgan fingerprint density at radius 2 is 1.80 bits per heavy atom. The van der Waals surface area contributed by atoms with Crippen LogP contribution >= 0.6 is 27.2 Å². The van der Waals surface area contributed by atoms with E-state index in [-0.39, 0.29) is 29.9 Å². The van der Waals surface area contributed by atoms with Gasteiger partial charge in [-0.1, -0.05) is 80.6 Å². The number of anilines is 1. The SMILES string of the molecule is CCN(CC)CCc1ccc2ccccc2c1OP(=O)(NC(C)(C)C(=O)OCc1ccccc1)OP(=O)(O)OC[C@H]1OC(C)[C@@H](n2cnc3c(N)nc(Cl)nc32)C[C@H]1O. The van der Waals surface area contributed by atoms with Crippen LogP contribution in [-0.4, -0.2) is 90.5 Å². The van der Waals surface area contributed by atoms with E-state index in [1.807, 2.05) is 44.2 Å². The predicted octanol–water partition coefficient (Wildman–Crippen LogP) is 6.61. The second-order valence-electron chi connectivity index (χ2n) is 14.7. The molecule has 6 rings (SSSR count). The van der Waals surface area contributed by atoms with Gasteiger partial charge in [0, 0.05) is 11.9 Å². The Labute approximate surface area is 347 Å². The lowest BCUT2D eigenvalue weighted by molar-refractivity contribution is -0.151. The Morgan fingerprint density at radius 1 is 1.08 bits per heavy atom. The molecular formula is C39H50ClN7O10P2. The Bertz CT molecular complexity index is 2350. The molecule has 1 aliphatic heterocycles. The summed E-state index contributed by atoms with van der Waals surface area (Å²) in [4.78, 5) is 39.4. The fourth-order valence-electron chi connectivity index (χ4n) is 6.90. The van der Waals surface area contributed by atoms with Gasteiger partial charge in [0.05, 0.1) is 31.2 Å². The number of likely N-dealkylation sites (N-methyl/N-ethyl adjacent to an activating group) is 1. The van der Waals surface area contributed by atoms with E-state index >= 15 is 4.57 Å². The first-order valence-electron chi connectivity index (χ1n) is 19.2. The molecule has 0 bridgehead atoms. The van der Waals surface area contributed by atoms with Crippen molar-refractivity contribution in [2.24, 2.45) is 0 Å². The van der Waals surface area contributed by atoms with Gasteiger partial charge < -0.3 is 39.2 Å². The van der Waals surface area contributed by atoms with E-state index in [9.17, 15) is 19.4 Å². The van der Waals surface area contributed by atoms with Gasteiger partial charge in [-0.05, 0) is 74.8 Å². The highest BCUT2D eigenvalue weighted by Gasteiger charge is 2.47. The van der Waals surface area contributed by atoms with E-state index in [4.69, 9.17) is 40.2 Å². The number of phosphoric ester groups is 1. The van der Waals surface area contributed by atoms with Crippen LogP contribution in [0.3, 0.4) is 0 Å². The number of nitrogen functional groups attached to an aromatic ring is 1. The van der Waals surface area contributed by atoms with Gasteiger partial charge in [0.15, 0.2) is 11.5 Å². The number of aliphatic hydroxyl groups excluding tert-OH is 1. The van der Waals surface area contributed by atoms with Gasteiger partial charge in [-0.2, -0.15) is 19.4 Å². The number of esters is 1. The quantitative estimate of drug-likeness (QED) is 0.0413. The Kier molecular flexibility index (Phi) is 14.1. The van der Waals surface area contributed by atoms with Crippen molar-refractivity contribution < 1.29 is 46.8 Å². The van der Waals surface area contributed by atoms with E-state index in [0.29, 0.717) is 40.6 Å². The minimum Gasteiger partial charge on any atom is -0.459 e. The molecule has 5 N–H and O–H groups in total. The van der Waals surface area contributed by atoms with Crippen molar-refractivity contribution in [2.45, 2.75) is 84.0 Å². The van der Waals surface area contributed by atoms with Crippen LogP contribution in [-0.2, 0) is 45.3 Å². The third-order valence-electron chi connectivity index (χ3n) is 10.1. The number of halogens is 1. The van der Waals surface area contributed by atoms with Crippen molar-refractivity contribution in [2.75, 3.05) is 32.0 Å². The molecule has 6 atom stereocenters. The molecule has 3 heterocycles. The molecule has 1 fully saturated rings. The first-order chi connectivity index (χ1) is 28.0. The van der Waals surface area contributed by atoms with Crippen molar-refractivity contribution >= 4 is 60.9 Å². The summed E-state index contributed by atoms with van der Waals surface area (Å²) in [6.07, 6.45) is -0.880. The molecule has 17 nitrogen and oxygen atoms in total. The van der Waals surface area contributed by atoms with Crippen LogP contribution < -0.4 is 15.3 Å². The third kappa shape index (κ3) is 10.9. The van der Waals surface area contributed by atoms with Crippen LogP contribution in [0.15, 0.2) is 73.1 Å². The summed E-state index contributed by atoms with van der Waals surface area (Å²) in [5.41, 5.74) is 6.21. The number of nitrogens with one attached hydrogen (secondary N) is 1. The summed E-state index contributed by atoms with van der Waals surface area (Å²) in [5, 5.41) is 15.0. The molecule has 1 aliphatic rings. The topological polar surface area (TPSA) is 223 Å². The van der Waals surface area contributed by atoms with Gasteiger partial charge in [0.2, 0.25) is 5.28 Å². The maximum atomic E-state index is 15.0. The zero-order valence-corrected chi connectivity index (χ0v) is 36.0. The fraction of sp³-hybridized carbons (Fsp3) is 0.436. The molecule has 59 heavy (non-hydrogen) atoms. The van der Waals surface area contributed by atoms with Crippen molar-refractivity contribution in [3.63, 3.8) is 0 Å². The molecule has 3 unspecified atom stereocenters. The number of aromatic nitrogens is 4. The lowest BCUT2D eigenvalue weighted by atomic mass is 9.97. The van der Waals surface area contributed by atoms with Crippen LogP contribution in [0.25, 0.3) is 21.9 Å². The maximum absolute atomic E-state index is 15.0. The number of nitrogens with zero attached hydrogens (tertiary/aromatic N) is 5. The number of hydrogen-bond acceptors (Lipinski definition) is 14. The first-order valence-corrected chi connectivity index (χ1v) is 22.6. The van der Waals surface area contributed by atoms with Crippen molar-refractivity contribution in [3.8, 4) is 5.75 Å². The lowest BCUT2D eigenvalue weighted by Gasteiger charge is -2.38. The number of fused-ring (bicyclic) bond motifs is 2. The number of nitrogens with two attached hydrogens (primary N) is 1. The maximum Gasteiger partial charge on any atom is 0.481 e. The predicted molar refractivity (Wildman–Crippen MR) is 223 cm³/mol. The summed E-state index contributed by atoms with van der Waals surface area (Å²) in [6, 6.07) is 19.4. The van der Waals surface area contributed by atoms with E-state index in [2.05, 4.69) is 24.9 Å². The molecule has 5 aromatic rings. The molecular weight excluding hydrogens is 824 g/mol. The average Bonchev–Trinajstić information content (AvgIpc) is 3.62. The van der Waals surface area contributed by atoms with Crippen LogP contribution in [0.5, 0.6) is 5.75 Å². The van der Waals surface area contributed by atoms with Gasteiger partial charge in [0.25, 0.3) is 0 Å². The van der Waals surface area contributed by atoms with Crippen molar-refractivity contribution in [1.82, 2.24) is 29.5 Å². The zero-order valence-electron chi connectivity index (χ0n) is 33.4. The molecule has 0 spiro atoms. The number of phosphoric acid groups is 1. The zero-order chi connectivity index (χ0) is 42.5. The van der Waals surface area contributed by atoms with Gasteiger partial charge in [-0.15, -0.1) is 0 Å². The molecule has 0 aliphatic carbocycles. The summed E-state index contributed by atoms with van der Waals surface area (Å²) >= 11 is 6.05. The Balaban J connectivity index is 1.24. The average molecular weight is 874 g/mol. The molecule has 3 aromatic carbocycles. The van der Waals surface area contributed by atoms with Gasteiger partial charge in [-0.3, -0.25) is 9.32 Å². The summed E-state index contributed by atoms with van der Waals surface area (Å²) < 4.78 is 59.2. The van der Waals surface area contributed by atoms with E-state index in [1.165, 1.54) is 20.2 Å². The van der Waals surface area contributed by atoms with Gasteiger partial charge in [-0.25, -0.2) is 14.1 Å². The fourth-order valence-corrected chi connectivity index (χ4v) is 10.3. The van der Waals surface area contributed by atoms with E-state index in [1.54, 1.807) is 47.9 Å². The third-order valence-corrected chi connectivity index (χ3v) is 13.7. The number of rotatable bonds is 18. The highest BCUT2D eigenvalue weighted by molar-refractivity contribution is 7.63. The van der Waals surface area contributed by atoms with Crippen LogP contribution in [0.1, 0.15) is 58.2 Å².